The molecule has 0 radical (unpaired) electrons. The number of carbonyl (C=O) groups excluding carboxylic acids is 3. The van der Waals surface area contributed by atoms with E-state index < -0.39 is 0 Å². The van der Waals surface area contributed by atoms with Crippen molar-refractivity contribution in [2.45, 2.75) is 91.9 Å². The number of esters is 1. The molecule has 0 N–H and O–H groups in total. The van der Waals surface area contributed by atoms with Crippen LogP contribution in [0.3, 0.4) is 0 Å². The van der Waals surface area contributed by atoms with Crippen LogP contribution in [0.5, 0.6) is 0 Å². The lowest BCUT2D eigenvalue weighted by molar-refractivity contribution is -0.191. The van der Waals surface area contributed by atoms with Crippen molar-refractivity contribution < 1.29 is 19.1 Å². The highest BCUT2D eigenvalue weighted by atomic mass is 16.5. The Morgan fingerprint density at radius 1 is 0.929 bits per heavy atom. The van der Waals surface area contributed by atoms with Gasteiger partial charge in [0, 0.05) is 0 Å². The SMILES string of the molecule is CCCCCCCCc1ccccc1CCC(C)(CC)C(=O)OCC.O=C=O. The molecule has 0 saturated heterocycles. The van der Waals surface area contributed by atoms with E-state index in [0.29, 0.717) is 6.61 Å². The van der Waals surface area contributed by atoms with Gasteiger partial charge < -0.3 is 4.74 Å². The van der Waals surface area contributed by atoms with Gasteiger partial charge >= 0.3 is 12.1 Å². The van der Waals surface area contributed by atoms with Crippen LogP contribution in [0.25, 0.3) is 0 Å². The molecule has 0 aromatic heterocycles. The number of benzene rings is 1. The quantitative estimate of drug-likeness (QED) is 0.310. The molecule has 4 heteroatoms. The number of ether oxygens (including phenoxy) is 1. The average Bonchev–Trinajstić information content (AvgIpc) is 2.70. The van der Waals surface area contributed by atoms with E-state index in [-0.39, 0.29) is 17.5 Å². The predicted octanol–water partition coefficient (Wildman–Crippen LogP) is 5.92. The van der Waals surface area contributed by atoms with E-state index in [1.807, 2.05) is 13.8 Å². The van der Waals surface area contributed by atoms with Crippen molar-refractivity contribution in [1.82, 2.24) is 0 Å². The Morgan fingerprint density at radius 2 is 1.46 bits per heavy atom. The summed E-state index contributed by atoms with van der Waals surface area (Å²) in [5, 5.41) is 0. The van der Waals surface area contributed by atoms with E-state index in [0.717, 1.165) is 25.7 Å². The molecule has 0 spiro atoms. The van der Waals surface area contributed by atoms with Gasteiger partial charge in [0.05, 0.1) is 12.0 Å². The third kappa shape index (κ3) is 10.4. The molecule has 158 valence electrons. The Kier molecular flexibility index (Phi) is 15.0. The maximum absolute atomic E-state index is 12.3. The molecular weight excluding hydrogens is 352 g/mol. The van der Waals surface area contributed by atoms with E-state index in [2.05, 4.69) is 38.1 Å². The lowest BCUT2D eigenvalue weighted by Crippen LogP contribution is -2.30. The first-order valence-corrected chi connectivity index (χ1v) is 10.7. The molecule has 1 aromatic carbocycles. The topological polar surface area (TPSA) is 60.4 Å². The molecule has 0 bridgehead atoms. The van der Waals surface area contributed by atoms with Gasteiger partial charge in [-0.25, -0.2) is 0 Å². The second-order valence-electron chi connectivity index (χ2n) is 7.50. The third-order valence-electron chi connectivity index (χ3n) is 5.41. The van der Waals surface area contributed by atoms with Gasteiger partial charge in [-0.1, -0.05) is 70.2 Å². The molecule has 1 aromatic rings. The Labute approximate surface area is 171 Å². The van der Waals surface area contributed by atoms with Crippen LogP contribution in [-0.4, -0.2) is 18.7 Å². The van der Waals surface area contributed by atoms with Gasteiger partial charge in [0.2, 0.25) is 0 Å². The summed E-state index contributed by atoms with van der Waals surface area (Å²) in [5.41, 5.74) is 2.49. The maximum Gasteiger partial charge on any atom is 0.373 e. The van der Waals surface area contributed by atoms with Crippen molar-refractivity contribution in [2.24, 2.45) is 5.41 Å². The Hall–Kier alpha value is -1.93. The highest BCUT2D eigenvalue weighted by Gasteiger charge is 2.32. The molecular formula is C24H38O4. The Bertz CT molecular complexity index is 576. The molecule has 0 fully saturated rings. The summed E-state index contributed by atoms with van der Waals surface area (Å²) in [4.78, 5) is 28.5. The molecule has 0 aliphatic carbocycles. The molecule has 1 unspecified atom stereocenters. The predicted molar refractivity (Wildman–Crippen MR) is 112 cm³/mol. The van der Waals surface area contributed by atoms with Crippen LogP contribution in [-0.2, 0) is 32.0 Å². The maximum atomic E-state index is 12.3. The van der Waals surface area contributed by atoms with Gasteiger partial charge in [0.1, 0.15) is 0 Å². The summed E-state index contributed by atoms with van der Waals surface area (Å²) in [6.45, 7) is 8.73. The summed E-state index contributed by atoms with van der Waals surface area (Å²) in [6.07, 6.45) is 12.0. The van der Waals surface area contributed by atoms with Gasteiger partial charge in [-0.2, -0.15) is 9.59 Å². The lowest BCUT2D eigenvalue weighted by atomic mass is 9.81. The fourth-order valence-corrected chi connectivity index (χ4v) is 3.28. The van der Waals surface area contributed by atoms with Crippen LogP contribution in [0.2, 0.25) is 0 Å². The molecule has 0 saturated carbocycles. The van der Waals surface area contributed by atoms with Crippen LogP contribution in [0.4, 0.5) is 0 Å². The summed E-state index contributed by atoms with van der Waals surface area (Å²) in [6, 6.07) is 8.75. The van der Waals surface area contributed by atoms with E-state index >= 15 is 0 Å². The fourth-order valence-electron chi connectivity index (χ4n) is 3.28. The van der Waals surface area contributed by atoms with Crippen molar-refractivity contribution in [3.8, 4) is 0 Å². The standard InChI is InChI=1S/C23H38O2.CO2/c1-5-8-9-10-11-12-15-20-16-13-14-17-21(20)18-19-23(4,6-2)22(24)25-7-3;2-1-3/h13-14,16-17H,5-12,15,18-19H2,1-4H3;. The minimum absolute atomic E-state index is 0.0501. The minimum atomic E-state index is -0.372. The first kappa shape index (κ1) is 26.1. The molecule has 28 heavy (non-hydrogen) atoms. The number of hydrogen-bond acceptors (Lipinski definition) is 4. The number of aryl methyl sites for hydroxylation is 2. The van der Waals surface area contributed by atoms with Gasteiger partial charge in [-0.05, 0) is 57.1 Å². The molecule has 4 nitrogen and oxygen atoms in total. The monoisotopic (exact) mass is 390 g/mol. The normalized spacial score (nSPS) is 12.3. The first-order valence-electron chi connectivity index (χ1n) is 10.7. The van der Waals surface area contributed by atoms with E-state index in [1.54, 1.807) is 0 Å². The van der Waals surface area contributed by atoms with Gasteiger partial charge in [-0.3, -0.25) is 4.79 Å². The zero-order chi connectivity index (χ0) is 21.3. The number of rotatable bonds is 13. The van der Waals surface area contributed by atoms with Gasteiger partial charge in [0.15, 0.2) is 0 Å². The molecule has 0 heterocycles. The fraction of sp³-hybridized carbons (Fsp3) is 0.667. The average molecular weight is 391 g/mol. The van der Waals surface area contributed by atoms with Crippen molar-refractivity contribution >= 4 is 12.1 Å². The number of unbranched alkanes of at least 4 members (excludes halogenated alkanes) is 5. The van der Waals surface area contributed by atoms with Crippen molar-refractivity contribution in [1.29, 1.82) is 0 Å². The highest BCUT2D eigenvalue weighted by molar-refractivity contribution is 5.76. The van der Waals surface area contributed by atoms with Gasteiger partial charge in [-0.15, -0.1) is 0 Å². The van der Waals surface area contributed by atoms with Crippen LogP contribution >= 0.6 is 0 Å². The zero-order valence-corrected chi connectivity index (χ0v) is 18.2. The van der Waals surface area contributed by atoms with Crippen LogP contribution < -0.4 is 0 Å². The third-order valence-corrected chi connectivity index (χ3v) is 5.41. The summed E-state index contributed by atoms with van der Waals surface area (Å²) in [7, 11) is 0. The summed E-state index contributed by atoms with van der Waals surface area (Å²) in [5.74, 6) is -0.0501. The molecule has 1 rings (SSSR count). The molecule has 0 aliphatic rings. The first-order chi connectivity index (χ1) is 13.5. The summed E-state index contributed by atoms with van der Waals surface area (Å²) >= 11 is 0. The zero-order valence-electron chi connectivity index (χ0n) is 18.2. The van der Waals surface area contributed by atoms with Crippen LogP contribution in [0.15, 0.2) is 24.3 Å². The Morgan fingerprint density at radius 3 is 2.00 bits per heavy atom. The van der Waals surface area contributed by atoms with E-state index in [4.69, 9.17) is 14.3 Å². The van der Waals surface area contributed by atoms with E-state index in [1.165, 1.54) is 49.7 Å². The largest absolute Gasteiger partial charge is 0.466 e. The molecule has 0 amide bonds. The van der Waals surface area contributed by atoms with Crippen LogP contribution in [0.1, 0.15) is 90.2 Å². The molecule has 0 aliphatic heterocycles. The number of hydrogen-bond donors (Lipinski definition) is 0. The van der Waals surface area contributed by atoms with Crippen LogP contribution in [0, 0.1) is 5.41 Å². The van der Waals surface area contributed by atoms with Crippen molar-refractivity contribution in [2.75, 3.05) is 6.61 Å². The second kappa shape index (κ2) is 16.1. The smallest absolute Gasteiger partial charge is 0.373 e. The number of carbonyl (C=O) groups is 1. The van der Waals surface area contributed by atoms with E-state index in [9.17, 15) is 4.79 Å². The second-order valence-corrected chi connectivity index (χ2v) is 7.50. The Balaban J connectivity index is 0.00000227. The van der Waals surface area contributed by atoms with Crippen molar-refractivity contribution in [3.63, 3.8) is 0 Å². The lowest BCUT2D eigenvalue weighted by Gasteiger charge is -2.26. The highest BCUT2D eigenvalue weighted by Crippen LogP contribution is 2.30. The van der Waals surface area contributed by atoms with Crippen molar-refractivity contribution in [3.05, 3.63) is 35.4 Å². The summed E-state index contributed by atoms with van der Waals surface area (Å²) < 4.78 is 5.29. The minimum Gasteiger partial charge on any atom is -0.466 e. The van der Waals surface area contributed by atoms with Gasteiger partial charge in [0.25, 0.3) is 0 Å². The molecule has 1 atom stereocenters.